The van der Waals surface area contributed by atoms with Crippen LogP contribution in [0.2, 0.25) is 0 Å². The Hall–Kier alpha value is -2.20. The molecule has 0 atom stereocenters. The third kappa shape index (κ3) is 1.75. The molecule has 1 rings (SSSR count). The van der Waals surface area contributed by atoms with Crippen molar-refractivity contribution >= 4 is 11.7 Å². The summed E-state index contributed by atoms with van der Waals surface area (Å²) in [4.78, 5) is 13.3. The minimum atomic E-state index is -1.19. The van der Waals surface area contributed by atoms with Gasteiger partial charge in [-0.2, -0.15) is 0 Å². The van der Waals surface area contributed by atoms with Crippen LogP contribution in [0.4, 0.5) is 5.69 Å². The van der Waals surface area contributed by atoms with E-state index in [1.54, 1.807) is 6.07 Å². The van der Waals surface area contributed by atoms with E-state index in [1.807, 2.05) is 0 Å². The summed E-state index contributed by atoms with van der Waals surface area (Å²) in [7, 11) is 1.35. The molecule has 0 spiro atoms. The molecular weight excluding hydrogens is 186 g/mol. The van der Waals surface area contributed by atoms with Crippen molar-refractivity contribution < 1.29 is 14.6 Å². The normalized spacial score (nSPS) is 8.93. The molecule has 0 aliphatic rings. The van der Waals surface area contributed by atoms with Gasteiger partial charge in [-0.25, -0.2) is 4.79 Å². The van der Waals surface area contributed by atoms with Crippen LogP contribution >= 0.6 is 0 Å². The van der Waals surface area contributed by atoms with Gasteiger partial charge in [0.05, 0.1) is 12.8 Å². The molecule has 0 bridgehead atoms. The molecule has 0 saturated heterocycles. The molecule has 1 aromatic carbocycles. The predicted molar refractivity (Wildman–Crippen MR) is 48.8 cm³/mol. The lowest BCUT2D eigenvalue weighted by atomic mass is 10.1. The molecule has 0 heterocycles. The van der Waals surface area contributed by atoms with Crippen molar-refractivity contribution in [1.82, 2.24) is 0 Å². The minimum Gasteiger partial charge on any atom is -0.496 e. The van der Waals surface area contributed by atoms with Gasteiger partial charge in [-0.1, -0.05) is 17.2 Å². The molecule has 1 aromatic rings. The first kappa shape index (κ1) is 9.88. The van der Waals surface area contributed by atoms with Crippen molar-refractivity contribution in [1.29, 1.82) is 0 Å². The molecule has 6 nitrogen and oxygen atoms in total. The number of carboxylic acids is 1. The molecule has 0 fully saturated rings. The van der Waals surface area contributed by atoms with Crippen LogP contribution in [0.5, 0.6) is 5.75 Å². The van der Waals surface area contributed by atoms with Gasteiger partial charge in [-0.15, -0.1) is 0 Å². The van der Waals surface area contributed by atoms with E-state index in [1.165, 1.54) is 19.2 Å². The molecule has 0 amide bonds. The highest BCUT2D eigenvalue weighted by Crippen LogP contribution is 2.28. The Morgan fingerprint density at radius 2 is 2.36 bits per heavy atom. The second-order valence-electron chi connectivity index (χ2n) is 2.35. The topological polar surface area (TPSA) is 95.3 Å². The van der Waals surface area contributed by atoms with Crippen molar-refractivity contribution in [3.63, 3.8) is 0 Å². The zero-order chi connectivity index (χ0) is 10.6. The Morgan fingerprint density at radius 3 is 2.86 bits per heavy atom. The number of carboxylic acid groups (broad SMARTS) is 1. The second-order valence-corrected chi connectivity index (χ2v) is 2.35. The zero-order valence-corrected chi connectivity index (χ0v) is 7.34. The van der Waals surface area contributed by atoms with Crippen LogP contribution in [0, 0.1) is 0 Å². The zero-order valence-electron chi connectivity index (χ0n) is 7.34. The Kier molecular flexibility index (Phi) is 2.93. The first-order chi connectivity index (χ1) is 6.70. The first-order valence-corrected chi connectivity index (χ1v) is 3.66. The van der Waals surface area contributed by atoms with Gasteiger partial charge in [0.15, 0.2) is 0 Å². The van der Waals surface area contributed by atoms with Crippen molar-refractivity contribution in [2.75, 3.05) is 7.11 Å². The van der Waals surface area contributed by atoms with E-state index >= 15 is 0 Å². The van der Waals surface area contributed by atoms with Crippen LogP contribution in [0.1, 0.15) is 10.4 Å². The standard InChI is InChI=1S/C8H7N3O3/c1-14-6-4-2-3-5(10-11-9)7(6)8(12)13/h2-4H,1H3,(H,12,13). The fourth-order valence-electron chi connectivity index (χ4n) is 1.04. The Morgan fingerprint density at radius 1 is 1.64 bits per heavy atom. The Bertz CT molecular complexity index is 410. The molecule has 0 aliphatic carbocycles. The van der Waals surface area contributed by atoms with Gasteiger partial charge in [0, 0.05) is 4.91 Å². The summed E-state index contributed by atoms with van der Waals surface area (Å²) in [6, 6.07) is 4.45. The number of methoxy groups -OCH3 is 1. The fraction of sp³-hybridized carbons (Fsp3) is 0.125. The monoisotopic (exact) mass is 193 g/mol. The van der Waals surface area contributed by atoms with E-state index in [9.17, 15) is 4.79 Å². The van der Waals surface area contributed by atoms with E-state index in [2.05, 4.69) is 10.0 Å². The maximum atomic E-state index is 10.8. The van der Waals surface area contributed by atoms with E-state index in [4.69, 9.17) is 15.4 Å². The Labute approximate surface area is 79.4 Å². The molecule has 0 saturated carbocycles. The molecule has 1 N–H and O–H groups in total. The third-order valence-electron chi connectivity index (χ3n) is 1.59. The fourth-order valence-corrected chi connectivity index (χ4v) is 1.04. The van der Waals surface area contributed by atoms with E-state index < -0.39 is 5.97 Å². The summed E-state index contributed by atoms with van der Waals surface area (Å²) in [5.74, 6) is -1.02. The van der Waals surface area contributed by atoms with Gasteiger partial charge >= 0.3 is 5.97 Å². The summed E-state index contributed by atoms with van der Waals surface area (Å²) in [5, 5.41) is 12.1. The minimum absolute atomic E-state index is 0.0411. The van der Waals surface area contributed by atoms with Crippen molar-refractivity contribution in [2.24, 2.45) is 5.11 Å². The molecule has 72 valence electrons. The lowest BCUT2D eigenvalue weighted by Crippen LogP contribution is -2.00. The molecule has 0 aromatic heterocycles. The van der Waals surface area contributed by atoms with Gasteiger partial charge in [0.25, 0.3) is 0 Å². The SMILES string of the molecule is COc1cccc(N=[N+]=[N-])c1C(=O)O. The van der Waals surface area contributed by atoms with Gasteiger partial charge in [-0.05, 0) is 11.6 Å². The summed E-state index contributed by atoms with van der Waals surface area (Å²) in [6.07, 6.45) is 0. The average molecular weight is 193 g/mol. The van der Waals surface area contributed by atoms with Crippen molar-refractivity contribution in [3.05, 3.63) is 34.2 Å². The third-order valence-corrected chi connectivity index (χ3v) is 1.59. The second kappa shape index (κ2) is 4.15. The molecule has 6 heteroatoms. The molecular formula is C8H7N3O3. The highest BCUT2D eigenvalue weighted by molar-refractivity contribution is 5.96. The summed E-state index contributed by atoms with van der Waals surface area (Å²) >= 11 is 0. The van der Waals surface area contributed by atoms with E-state index in [0.717, 1.165) is 0 Å². The number of aromatic carboxylic acids is 1. The maximum absolute atomic E-state index is 10.8. The lowest BCUT2D eigenvalue weighted by molar-refractivity contribution is 0.0694. The summed E-state index contributed by atoms with van der Waals surface area (Å²) in [6.45, 7) is 0. The van der Waals surface area contributed by atoms with Crippen molar-refractivity contribution in [3.8, 4) is 5.75 Å². The number of carbonyl (C=O) groups is 1. The first-order valence-electron chi connectivity index (χ1n) is 3.66. The summed E-state index contributed by atoms with van der Waals surface area (Å²) < 4.78 is 4.83. The average Bonchev–Trinajstić information content (AvgIpc) is 2.17. The molecule has 14 heavy (non-hydrogen) atoms. The predicted octanol–water partition coefficient (Wildman–Crippen LogP) is 2.34. The van der Waals surface area contributed by atoms with Crippen LogP contribution in [-0.4, -0.2) is 18.2 Å². The van der Waals surface area contributed by atoms with Gasteiger partial charge < -0.3 is 9.84 Å². The van der Waals surface area contributed by atoms with Crippen molar-refractivity contribution in [2.45, 2.75) is 0 Å². The summed E-state index contributed by atoms with van der Waals surface area (Å²) in [5.41, 5.74) is 8.12. The number of ether oxygens (including phenoxy) is 1. The van der Waals surface area contributed by atoms with Gasteiger partial charge in [-0.3, -0.25) is 0 Å². The highest BCUT2D eigenvalue weighted by atomic mass is 16.5. The van der Waals surface area contributed by atoms with Crippen LogP contribution < -0.4 is 4.74 Å². The lowest BCUT2D eigenvalue weighted by Gasteiger charge is -2.05. The Balaban J connectivity index is 3.42. The number of benzene rings is 1. The number of hydrogen-bond acceptors (Lipinski definition) is 3. The molecule has 0 unspecified atom stereocenters. The van der Waals surface area contributed by atoms with E-state index in [0.29, 0.717) is 0 Å². The molecule has 0 radical (unpaired) electrons. The van der Waals surface area contributed by atoms with Crippen LogP contribution in [0.15, 0.2) is 23.3 Å². The number of azide groups is 1. The smallest absolute Gasteiger partial charge is 0.339 e. The highest BCUT2D eigenvalue weighted by Gasteiger charge is 2.14. The van der Waals surface area contributed by atoms with Crippen LogP contribution in [0.25, 0.3) is 10.4 Å². The molecule has 0 aliphatic heterocycles. The number of hydrogen-bond donors (Lipinski definition) is 1. The quantitative estimate of drug-likeness (QED) is 0.453. The van der Waals surface area contributed by atoms with Gasteiger partial charge in [0.2, 0.25) is 0 Å². The largest absolute Gasteiger partial charge is 0.496 e. The number of nitrogens with zero attached hydrogens (tertiary/aromatic N) is 3. The van der Waals surface area contributed by atoms with Crippen LogP contribution in [-0.2, 0) is 0 Å². The van der Waals surface area contributed by atoms with E-state index in [-0.39, 0.29) is 17.0 Å². The van der Waals surface area contributed by atoms with Gasteiger partial charge in [0.1, 0.15) is 11.3 Å². The van der Waals surface area contributed by atoms with Crippen LogP contribution in [0.3, 0.4) is 0 Å². The number of rotatable bonds is 3. The maximum Gasteiger partial charge on any atom is 0.339 e.